The number of aromatic carboxylic acids is 1. The molecule has 1 fully saturated rings. The second kappa shape index (κ2) is 5.12. The van der Waals surface area contributed by atoms with E-state index in [-0.39, 0.29) is 5.69 Å². The minimum atomic E-state index is -0.987. The lowest BCUT2D eigenvalue weighted by atomic mass is 10.1. The van der Waals surface area contributed by atoms with E-state index in [1.54, 1.807) is 6.07 Å². The molecule has 2 unspecified atom stereocenters. The minimum Gasteiger partial charge on any atom is -0.477 e. The number of anilines is 1. The average Bonchev–Trinajstić information content (AvgIpc) is 2.84. The van der Waals surface area contributed by atoms with Crippen LogP contribution in [-0.4, -0.2) is 22.1 Å². The number of nitrogens with zero attached hydrogens (tertiary/aromatic N) is 1. The Morgan fingerprint density at radius 2 is 2.15 bits per heavy atom. The number of pyridine rings is 1. The lowest BCUT2D eigenvalue weighted by Gasteiger charge is -2.16. The van der Waals surface area contributed by atoms with Gasteiger partial charge >= 0.3 is 5.97 Å². The zero-order valence-corrected chi connectivity index (χ0v) is 11.5. The Morgan fingerprint density at radius 1 is 1.35 bits per heavy atom. The normalized spacial score (nSPS) is 22.1. The van der Waals surface area contributed by atoms with E-state index in [0.717, 1.165) is 35.3 Å². The predicted molar refractivity (Wildman–Crippen MR) is 79.1 cm³/mol. The first-order chi connectivity index (χ1) is 9.63. The quantitative estimate of drug-likeness (QED) is 0.895. The molecule has 0 aliphatic heterocycles. The molecular formula is C16H18N2O2. The highest BCUT2D eigenvalue weighted by molar-refractivity contribution is 5.97. The topological polar surface area (TPSA) is 62.2 Å². The van der Waals surface area contributed by atoms with Gasteiger partial charge in [0.1, 0.15) is 0 Å². The van der Waals surface area contributed by atoms with Crippen LogP contribution in [0.3, 0.4) is 0 Å². The van der Waals surface area contributed by atoms with Crippen LogP contribution >= 0.6 is 0 Å². The van der Waals surface area contributed by atoms with Gasteiger partial charge in [0.15, 0.2) is 5.69 Å². The summed E-state index contributed by atoms with van der Waals surface area (Å²) in [5.74, 6) is -0.252. The van der Waals surface area contributed by atoms with Gasteiger partial charge in [0.2, 0.25) is 0 Å². The summed E-state index contributed by atoms with van der Waals surface area (Å²) in [5.41, 5.74) is 1.70. The van der Waals surface area contributed by atoms with Crippen LogP contribution in [0.4, 0.5) is 5.69 Å². The molecule has 0 saturated heterocycles. The maximum absolute atomic E-state index is 11.2. The highest BCUT2D eigenvalue weighted by atomic mass is 16.4. The van der Waals surface area contributed by atoms with Crippen molar-refractivity contribution in [3.05, 3.63) is 36.0 Å². The maximum atomic E-state index is 11.2. The van der Waals surface area contributed by atoms with Gasteiger partial charge in [-0.15, -0.1) is 0 Å². The SMILES string of the molecule is CC1CCC(Nc2cc(C(=O)O)nc3ccccc23)C1. The number of carboxylic acid groups (broad SMARTS) is 1. The second-order valence-electron chi connectivity index (χ2n) is 5.64. The monoisotopic (exact) mass is 270 g/mol. The first-order valence-electron chi connectivity index (χ1n) is 7.03. The smallest absolute Gasteiger partial charge is 0.354 e. The Hall–Kier alpha value is -2.10. The van der Waals surface area contributed by atoms with Crippen LogP contribution in [0.2, 0.25) is 0 Å². The Bertz CT molecular complexity index is 654. The first-order valence-corrected chi connectivity index (χ1v) is 7.03. The fraction of sp³-hybridized carbons (Fsp3) is 0.375. The molecule has 3 rings (SSSR count). The number of hydrogen-bond donors (Lipinski definition) is 2. The number of para-hydroxylation sites is 1. The Balaban J connectivity index is 2.01. The van der Waals surface area contributed by atoms with Gasteiger partial charge in [0.25, 0.3) is 0 Å². The largest absolute Gasteiger partial charge is 0.477 e. The third-order valence-electron chi connectivity index (χ3n) is 3.99. The summed E-state index contributed by atoms with van der Waals surface area (Å²) in [6, 6.07) is 9.74. The number of nitrogens with one attached hydrogen (secondary N) is 1. The number of hydrogen-bond acceptors (Lipinski definition) is 3. The molecule has 20 heavy (non-hydrogen) atoms. The molecule has 1 aromatic carbocycles. The number of fused-ring (bicyclic) bond motifs is 1. The Kier molecular flexibility index (Phi) is 3.30. The van der Waals surface area contributed by atoms with E-state index in [4.69, 9.17) is 0 Å². The summed E-state index contributed by atoms with van der Waals surface area (Å²) >= 11 is 0. The molecule has 1 aliphatic rings. The zero-order chi connectivity index (χ0) is 14.1. The van der Waals surface area contributed by atoms with Crippen molar-refractivity contribution in [3.63, 3.8) is 0 Å². The van der Waals surface area contributed by atoms with Crippen LogP contribution in [0.5, 0.6) is 0 Å². The van der Waals surface area contributed by atoms with Gasteiger partial charge in [-0.1, -0.05) is 25.1 Å². The van der Waals surface area contributed by atoms with Crippen molar-refractivity contribution in [1.29, 1.82) is 0 Å². The summed E-state index contributed by atoms with van der Waals surface area (Å²) in [5, 5.41) is 13.7. The fourth-order valence-electron chi connectivity index (χ4n) is 2.96. The molecule has 1 heterocycles. The van der Waals surface area contributed by atoms with E-state index < -0.39 is 5.97 Å². The van der Waals surface area contributed by atoms with Crippen molar-refractivity contribution < 1.29 is 9.90 Å². The van der Waals surface area contributed by atoms with Crippen molar-refractivity contribution in [2.45, 2.75) is 32.2 Å². The lowest BCUT2D eigenvalue weighted by Crippen LogP contribution is -2.16. The van der Waals surface area contributed by atoms with Gasteiger partial charge in [0, 0.05) is 17.1 Å². The van der Waals surface area contributed by atoms with Crippen LogP contribution in [-0.2, 0) is 0 Å². The number of benzene rings is 1. The zero-order valence-electron chi connectivity index (χ0n) is 11.5. The Labute approximate surface area is 117 Å². The van der Waals surface area contributed by atoms with E-state index in [1.807, 2.05) is 24.3 Å². The number of carbonyl (C=O) groups is 1. The molecule has 2 atom stereocenters. The molecule has 1 saturated carbocycles. The summed E-state index contributed by atoms with van der Waals surface area (Å²) in [7, 11) is 0. The van der Waals surface area contributed by atoms with Gasteiger partial charge in [-0.3, -0.25) is 0 Å². The van der Waals surface area contributed by atoms with Crippen LogP contribution in [0.1, 0.15) is 36.7 Å². The molecule has 2 N–H and O–H groups in total. The first kappa shape index (κ1) is 12.9. The summed E-state index contributed by atoms with van der Waals surface area (Å²) in [6.07, 6.45) is 3.51. The van der Waals surface area contributed by atoms with Crippen LogP contribution < -0.4 is 5.32 Å². The lowest BCUT2D eigenvalue weighted by molar-refractivity contribution is 0.0691. The highest BCUT2D eigenvalue weighted by Gasteiger charge is 2.22. The average molecular weight is 270 g/mol. The summed E-state index contributed by atoms with van der Waals surface area (Å²) in [6.45, 7) is 2.26. The molecule has 1 aliphatic carbocycles. The van der Waals surface area contributed by atoms with Crippen molar-refractivity contribution in [3.8, 4) is 0 Å². The van der Waals surface area contributed by atoms with Gasteiger partial charge in [-0.25, -0.2) is 9.78 Å². The van der Waals surface area contributed by atoms with E-state index >= 15 is 0 Å². The van der Waals surface area contributed by atoms with Crippen LogP contribution in [0.15, 0.2) is 30.3 Å². The maximum Gasteiger partial charge on any atom is 0.354 e. The van der Waals surface area contributed by atoms with Gasteiger partial charge in [0.05, 0.1) is 5.52 Å². The number of carboxylic acids is 1. The number of rotatable bonds is 3. The van der Waals surface area contributed by atoms with E-state index in [1.165, 1.54) is 6.42 Å². The van der Waals surface area contributed by atoms with Gasteiger partial charge < -0.3 is 10.4 Å². The molecule has 104 valence electrons. The highest BCUT2D eigenvalue weighted by Crippen LogP contribution is 2.30. The Morgan fingerprint density at radius 3 is 2.85 bits per heavy atom. The molecular weight excluding hydrogens is 252 g/mol. The summed E-state index contributed by atoms with van der Waals surface area (Å²) < 4.78 is 0. The van der Waals surface area contributed by atoms with Crippen molar-refractivity contribution >= 4 is 22.6 Å². The van der Waals surface area contributed by atoms with Crippen LogP contribution in [0, 0.1) is 5.92 Å². The molecule has 0 bridgehead atoms. The minimum absolute atomic E-state index is 0.0947. The van der Waals surface area contributed by atoms with E-state index in [0.29, 0.717) is 6.04 Å². The van der Waals surface area contributed by atoms with Gasteiger partial charge in [-0.05, 0) is 37.3 Å². The fourth-order valence-corrected chi connectivity index (χ4v) is 2.96. The van der Waals surface area contributed by atoms with Crippen molar-refractivity contribution in [2.75, 3.05) is 5.32 Å². The third kappa shape index (κ3) is 2.46. The van der Waals surface area contributed by atoms with Crippen molar-refractivity contribution in [1.82, 2.24) is 4.98 Å². The standard InChI is InChI=1S/C16H18N2O2/c1-10-6-7-11(8-10)17-14-9-15(16(19)20)18-13-5-3-2-4-12(13)14/h2-5,9-11H,6-8H2,1H3,(H,17,18)(H,19,20). The van der Waals surface area contributed by atoms with E-state index in [2.05, 4.69) is 17.2 Å². The predicted octanol–water partition coefficient (Wildman–Crippen LogP) is 3.53. The molecule has 0 spiro atoms. The number of aromatic nitrogens is 1. The van der Waals surface area contributed by atoms with Crippen molar-refractivity contribution in [2.24, 2.45) is 5.92 Å². The molecule has 4 nitrogen and oxygen atoms in total. The molecule has 2 aromatic rings. The second-order valence-corrected chi connectivity index (χ2v) is 5.64. The molecule has 4 heteroatoms. The third-order valence-corrected chi connectivity index (χ3v) is 3.99. The molecule has 0 radical (unpaired) electrons. The van der Waals surface area contributed by atoms with E-state index in [9.17, 15) is 9.90 Å². The van der Waals surface area contributed by atoms with Gasteiger partial charge in [-0.2, -0.15) is 0 Å². The molecule has 1 aromatic heterocycles. The summed E-state index contributed by atoms with van der Waals surface area (Å²) in [4.78, 5) is 15.4. The van der Waals surface area contributed by atoms with Crippen LogP contribution in [0.25, 0.3) is 10.9 Å². The molecule has 0 amide bonds.